The first kappa shape index (κ1) is 12.3. The highest BCUT2D eigenvalue weighted by molar-refractivity contribution is 7.80. The lowest BCUT2D eigenvalue weighted by molar-refractivity contribution is -0.122. The Morgan fingerprint density at radius 2 is 2.41 bits per heavy atom. The summed E-state index contributed by atoms with van der Waals surface area (Å²) in [6, 6.07) is 3.94. The average molecular weight is 266 g/mol. The van der Waals surface area contributed by atoms with Gasteiger partial charge in [0, 0.05) is 11.4 Å². The minimum Gasteiger partial charge on any atom is -0.328 e. The van der Waals surface area contributed by atoms with Crippen LogP contribution in [-0.4, -0.2) is 22.5 Å². The van der Waals surface area contributed by atoms with E-state index < -0.39 is 0 Å². The third-order valence-corrected chi connectivity index (χ3v) is 3.67. The number of hydrogen-bond donors (Lipinski definition) is 1. The van der Waals surface area contributed by atoms with Crippen LogP contribution in [0.4, 0.5) is 0 Å². The highest BCUT2D eigenvalue weighted by Crippen LogP contribution is 2.17. The van der Waals surface area contributed by atoms with Gasteiger partial charge in [-0.2, -0.15) is 0 Å². The number of thiocarbonyl (C=S) groups is 1. The first-order valence-corrected chi connectivity index (χ1v) is 6.89. The number of unbranched alkanes of at least 4 members (excludes halogenated alkanes) is 1. The second kappa shape index (κ2) is 5.42. The maximum absolute atomic E-state index is 12.1. The maximum atomic E-state index is 12.1. The standard InChI is InChI=1S/C12H14N2OS2/c1-2-3-6-14-11(15)10(13-12(14)16)8-9-5-4-7-17-9/h4-5,7-8H,2-3,6H2,1H3,(H,13,16)/b10-8-. The molecule has 5 heteroatoms. The van der Waals surface area contributed by atoms with Crippen molar-refractivity contribution < 1.29 is 4.79 Å². The SMILES string of the molecule is CCCCN1C(=O)/C(=C/c2cccs2)NC1=S. The van der Waals surface area contributed by atoms with Gasteiger partial charge in [-0.3, -0.25) is 9.69 Å². The van der Waals surface area contributed by atoms with Gasteiger partial charge >= 0.3 is 0 Å². The second-order valence-electron chi connectivity index (χ2n) is 3.81. The minimum absolute atomic E-state index is 0.0168. The molecular formula is C12H14N2OS2. The topological polar surface area (TPSA) is 32.3 Å². The number of nitrogens with zero attached hydrogens (tertiary/aromatic N) is 1. The van der Waals surface area contributed by atoms with Gasteiger partial charge in [0.2, 0.25) is 0 Å². The molecule has 3 nitrogen and oxygen atoms in total. The summed E-state index contributed by atoms with van der Waals surface area (Å²) >= 11 is 6.76. The highest BCUT2D eigenvalue weighted by Gasteiger charge is 2.29. The van der Waals surface area contributed by atoms with Gasteiger partial charge in [-0.05, 0) is 36.2 Å². The summed E-state index contributed by atoms with van der Waals surface area (Å²) in [6.07, 6.45) is 3.88. The summed E-state index contributed by atoms with van der Waals surface area (Å²) in [5, 5.41) is 5.48. The molecule has 1 saturated heterocycles. The van der Waals surface area contributed by atoms with Crippen LogP contribution in [0.1, 0.15) is 24.6 Å². The Labute approximate surface area is 110 Å². The highest BCUT2D eigenvalue weighted by atomic mass is 32.1. The van der Waals surface area contributed by atoms with Gasteiger partial charge in [0.15, 0.2) is 5.11 Å². The van der Waals surface area contributed by atoms with Crippen molar-refractivity contribution in [3.63, 3.8) is 0 Å². The van der Waals surface area contributed by atoms with E-state index in [-0.39, 0.29) is 5.91 Å². The number of carbonyl (C=O) groups excluding carboxylic acids is 1. The van der Waals surface area contributed by atoms with E-state index >= 15 is 0 Å². The van der Waals surface area contributed by atoms with Gasteiger partial charge in [-0.1, -0.05) is 19.4 Å². The van der Waals surface area contributed by atoms with Crippen LogP contribution in [0.5, 0.6) is 0 Å². The molecule has 1 fully saturated rings. The van der Waals surface area contributed by atoms with Crippen LogP contribution >= 0.6 is 23.6 Å². The molecule has 1 aliphatic rings. The molecule has 2 rings (SSSR count). The molecule has 0 radical (unpaired) electrons. The normalized spacial score (nSPS) is 17.9. The van der Waals surface area contributed by atoms with E-state index in [9.17, 15) is 4.79 Å². The molecule has 0 aromatic carbocycles. The van der Waals surface area contributed by atoms with Crippen LogP contribution in [0.25, 0.3) is 6.08 Å². The van der Waals surface area contributed by atoms with Crippen LogP contribution < -0.4 is 5.32 Å². The van der Waals surface area contributed by atoms with E-state index in [2.05, 4.69) is 12.2 Å². The quantitative estimate of drug-likeness (QED) is 0.671. The van der Waals surface area contributed by atoms with Crippen LogP contribution in [-0.2, 0) is 4.79 Å². The third-order valence-electron chi connectivity index (χ3n) is 2.53. The number of amides is 1. The molecule has 1 N–H and O–H groups in total. The molecule has 0 bridgehead atoms. The zero-order valence-electron chi connectivity index (χ0n) is 9.60. The van der Waals surface area contributed by atoms with E-state index in [0.29, 0.717) is 17.4 Å². The molecule has 90 valence electrons. The van der Waals surface area contributed by atoms with Crippen molar-refractivity contribution in [3.05, 3.63) is 28.1 Å². The summed E-state index contributed by atoms with van der Waals surface area (Å²) in [7, 11) is 0. The van der Waals surface area contributed by atoms with Crippen molar-refractivity contribution >= 4 is 40.7 Å². The largest absolute Gasteiger partial charge is 0.328 e. The van der Waals surface area contributed by atoms with Crippen molar-refractivity contribution in [1.29, 1.82) is 0 Å². The Bertz CT molecular complexity index is 451. The van der Waals surface area contributed by atoms with Crippen LogP contribution in [0.2, 0.25) is 0 Å². The first-order chi connectivity index (χ1) is 8.22. The number of hydrogen-bond acceptors (Lipinski definition) is 3. The van der Waals surface area contributed by atoms with Crippen molar-refractivity contribution in [1.82, 2.24) is 10.2 Å². The third kappa shape index (κ3) is 2.73. The average Bonchev–Trinajstić information content (AvgIpc) is 2.89. The number of carbonyl (C=O) groups is 1. The molecule has 0 aliphatic carbocycles. The van der Waals surface area contributed by atoms with Gasteiger partial charge in [0.05, 0.1) is 0 Å². The Hall–Kier alpha value is -1.20. The van der Waals surface area contributed by atoms with Crippen molar-refractivity contribution in [3.8, 4) is 0 Å². The Morgan fingerprint density at radius 1 is 1.59 bits per heavy atom. The molecule has 0 unspecified atom stereocenters. The first-order valence-electron chi connectivity index (χ1n) is 5.60. The molecule has 1 aromatic rings. The van der Waals surface area contributed by atoms with E-state index in [1.54, 1.807) is 16.2 Å². The van der Waals surface area contributed by atoms with Crippen molar-refractivity contribution in [2.24, 2.45) is 0 Å². The molecule has 1 amide bonds. The van der Waals surface area contributed by atoms with E-state index in [0.717, 1.165) is 17.7 Å². The fourth-order valence-corrected chi connectivity index (χ4v) is 2.55. The molecule has 17 heavy (non-hydrogen) atoms. The molecule has 1 aromatic heterocycles. The summed E-state index contributed by atoms with van der Waals surface area (Å²) in [6.45, 7) is 2.79. The smallest absolute Gasteiger partial charge is 0.276 e. The van der Waals surface area contributed by atoms with E-state index in [1.807, 2.05) is 23.6 Å². The van der Waals surface area contributed by atoms with Gasteiger partial charge < -0.3 is 5.32 Å². The lowest BCUT2D eigenvalue weighted by Gasteiger charge is -2.12. The monoisotopic (exact) mass is 266 g/mol. The van der Waals surface area contributed by atoms with Gasteiger partial charge in [0.25, 0.3) is 5.91 Å². The summed E-state index contributed by atoms with van der Waals surface area (Å²) in [5.41, 5.74) is 0.577. The van der Waals surface area contributed by atoms with Crippen molar-refractivity contribution in [2.75, 3.05) is 6.54 Å². The van der Waals surface area contributed by atoms with Gasteiger partial charge in [-0.15, -0.1) is 11.3 Å². The summed E-state index contributed by atoms with van der Waals surface area (Å²) in [5.74, 6) is -0.0168. The summed E-state index contributed by atoms with van der Waals surface area (Å²) < 4.78 is 0. The lowest BCUT2D eigenvalue weighted by atomic mass is 10.3. The zero-order chi connectivity index (χ0) is 12.3. The zero-order valence-corrected chi connectivity index (χ0v) is 11.2. The number of rotatable bonds is 4. The lowest BCUT2D eigenvalue weighted by Crippen LogP contribution is -2.31. The number of thiophene rings is 1. The fraction of sp³-hybridized carbons (Fsp3) is 0.333. The molecule has 0 saturated carbocycles. The van der Waals surface area contributed by atoms with Crippen molar-refractivity contribution in [2.45, 2.75) is 19.8 Å². The second-order valence-corrected chi connectivity index (χ2v) is 5.18. The van der Waals surface area contributed by atoms with Gasteiger partial charge in [-0.25, -0.2) is 0 Å². The molecule has 0 atom stereocenters. The molecule has 0 spiro atoms. The molecule has 1 aliphatic heterocycles. The molecule has 2 heterocycles. The van der Waals surface area contributed by atoms with Crippen LogP contribution in [0, 0.1) is 0 Å². The predicted molar refractivity (Wildman–Crippen MR) is 74.7 cm³/mol. The van der Waals surface area contributed by atoms with E-state index in [4.69, 9.17) is 12.2 Å². The fourth-order valence-electron chi connectivity index (χ4n) is 1.61. The number of nitrogens with one attached hydrogen (secondary N) is 1. The minimum atomic E-state index is -0.0168. The van der Waals surface area contributed by atoms with Crippen LogP contribution in [0.15, 0.2) is 23.2 Å². The Kier molecular flexibility index (Phi) is 3.91. The Morgan fingerprint density at radius 3 is 3.06 bits per heavy atom. The van der Waals surface area contributed by atoms with E-state index in [1.165, 1.54) is 0 Å². The summed E-state index contributed by atoms with van der Waals surface area (Å²) in [4.78, 5) is 14.8. The predicted octanol–water partition coefficient (Wildman–Crippen LogP) is 2.61. The Balaban J connectivity index is 2.13. The van der Waals surface area contributed by atoms with Crippen LogP contribution in [0.3, 0.4) is 0 Å². The molecular weight excluding hydrogens is 252 g/mol. The van der Waals surface area contributed by atoms with Gasteiger partial charge in [0.1, 0.15) is 5.70 Å². The maximum Gasteiger partial charge on any atom is 0.276 e.